The molecule has 1 saturated heterocycles. The molecule has 0 spiro atoms. The molecule has 102 valence electrons. The smallest absolute Gasteiger partial charge is 0.358 e. The number of carbonyl (C=O) groups excluding carboxylic acids is 2. The summed E-state index contributed by atoms with van der Waals surface area (Å²) < 4.78 is 1.27. The van der Waals surface area contributed by atoms with E-state index in [1.807, 2.05) is 0 Å². The summed E-state index contributed by atoms with van der Waals surface area (Å²) in [6, 6.07) is 0. The maximum Gasteiger partial charge on any atom is 0.392 e. The Labute approximate surface area is 109 Å². The van der Waals surface area contributed by atoms with Crippen molar-refractivity contribution in [1.29, 1.82) is 0 Å². The molecular weight excluding hydrogens is 252 g/mol. The summed E-state index contributed by atoms with van der Waals surface area (Å²) in [5.41, 5.74) is 0.423. The van der Waals surface area contributed by atoms with E-state index in [1.165, 1.54) is 10.9 Å². The highest BCUT2D eigenvalue weighted by Gasteiger charge is 2.23. The van der Waals surface area contributed by atoms with Crippen LogP contribution in [0.4, 0.5) is 5.82 Å². The molecule has 19 heavy (non-hydrogen) atoms. The monoisotopic (exact) mass is 266 g/mol. The molecule has 8 nitrogen and oxygen atoms in total. The Balaban J connectivity index is 2.01. The average molecular weight is 266 g/mol. The molecule has 8 heteroatoms. The molecule has 1 aliphatic heterocycles. The molecular formula is C11H14N4O4. The SMILES string of the molecule is Cc1cn(CC(=O)N2CCC(=O)CC2)nc1[N+](=O)[O-]. The number of hydrogen-bond donors (Lipinski definition) is 0. The molecule has 0 N–H and O–H groups in total. The molecule has 0 unspecified atom stereocenters. The van der Waals surface area contributed by atoms with Gasteiger partial charge in [-0.25, -0.2) is 0 Å². The van der Waals surface area contributed by atoms with Gasteiger partial charge in [0, 0.05) is 25.9 Å². The van der Waals surface area contributed by atoms with E-state index in [0.29, 0.717) is 31.5 Å². The van der Waals surface area contributed by atoms with Crippen LogP contribution in [0, 0.1) is 17.0 Å². The van der Waals surface area contributed by atoms with Crippen LogP contribution in [0.2, 0.25) is 0 Å². The number of aryl methyl sites for hydroxylation is 1. The number of nitro groups is 1. The Morgan fingerprint density at radius 2 is 2.11 bits per heavy atom. The largest absolute Gasteiger partial charge is 0.392 e. The van der Waals surface area contributed by atoms with E-state index in [1.54, 1.807) is 11.8 Å². The number of likely N-dealkylation sites (tertiary alicyclic amines) is 1. The lowest BCUT2D eigenvalue weighted by atomic mass is 10.1. The van der Waals surface area contributed by atoms with Gasteiger partial charge in [-0.2, -0.15) is 4.68 Å². The van der Waals surface area contributed by atoms with Crippen LogP contribution in [-0.4, -0.2) is 44.4 Å². The molecule has 0 radical (unpaired) electrons. The molecule has 1 aromatic heterocycles. The zero-order valence-corrected chi connectivity index (χ0v) is 10.5. The second kappa shape index (κ2) is 5.17. The van der Waals surface area contributed by atoms with E-state index >= 15 is 0 Å². The van der Waals surface area contributed by atoms with E-state index in [0.717, 1.165) is 0 Å². The third kappa shape index (κ3) is 2.95. The van der Waals surface area contributed by atoms with Gasteiger partial charge in [0.1, 0.15) is 12.3 Å². The predicted molar refractivity (Wildman–Crippen MR) is 64.4 cm³/mol. The second-order valence-electron chi connectivity index (χ2n) is 4.51. The summed E-state index contributed by atoms with van der Waals surface area (Å²) in [6.07, 6.45) is 2.24. The van der Waals surface area contributed by atoms with Crippen molar-refractivity contribution in [2.24, 2.45) is 0 Å². The van der Waals surface area contributed by atoms with Gasteiger partial charge in [0.2, 0.25) is 5.91 Å². The zero-order valence-electron chi connectivity index (χ0n) is 10.5. The predicted octanol–water partition coefficient (Wildman–Crippen LogP) is 0.291. The Morgan fingerprint density at radius 3 is 2.63 bits per heavy atom. The lowest BCUT2D eigenvalue weighted by Gasteiger charge is -2.25. The first-order chi connectivity index (χ1) is 8.97. The Bertz CT molecular complexity index is 527. The van der Waals surface area contributed by atoms with Gasteiger partial charge in [-0.05, 0) is 11.8 Å². The van der Waals surface area contributed by atoms with E-state index in [4.69, 9.17) is 0 Å². The van der Waals surface area contributed by atoms with Gasteiger partial charge < -0.3 is 15.0 Å². The number of nitrogens with zero attached hydrogens (tertiary/aromatic N) is 4. The van der Waals surface area contributed by atoms with Gasteiger partial charge in [0.15, 0.2) is 0 Å². The van der Waals surface area contributed by atoms with Gasteiger partial charge in [-0.15, -0.1) is 0 Å². The lowest BCUT2D eigenvalue weighted by Crippen LogP contribution is -2.40. The van der Waals surface area contributed by atoms with Gasteiger partial charge in [0.25, 0.3) is 0 Å². The summed E-state index contributed by atoms with van der Waals surface area (Å²) in [7, 11) is 0. The van der Waals surface area contributed by atoms with Crippen LogP contribution < -0.4 is 0 Å². The number of ketones is 1. The zero-order chi connectivity index (χ0) is 14.0. The van der Waals surface area contributed by atoms with E-state index in [9.17, 15) is 19.7 Å². The minimum absolute atomic E-state index is 0.0388. The quantitative estimate of drug-likeness (QED) is 0.578. The fraction of sp³-hybridized carbons (Fsp3) is 0.545. The topological polar surface area (TPSA) is 98.3 Å². The maximum atomic E-state index is 11.9. The van der Waals surface area contributed by atoms with Crippen LogP contribution in [0.5, 0.6) is 0 Å². The standard InChI is InChI=1S/C11H14N4O4/c1-8-6-14(12-11(8)15(18)19)7-10(17)13-4-2-9(16)3-5-13/h6H,2-5,7H2,1H3. The molecule has 1 amide bonds. The van der Waals surface area contributed by atoms with Gasteiger partial charge >= 0.3 is 5.82 Å². The van der Waals surface area contributed by atoms with Crippen LogP contribution in [0.1, 0.15) is 18.4 Å². The fourth-order valence-corrected chi connectivity index (χ4v) is 2.02. The van der Waals surface area contributed by atoms with Crippen LogP contribution in [0.25, 0.3) is 0 Å². The minimum atomic E-state index is -0.574. The van der Waals surface area contributed by atoms with Crippen LogP contribution in [0.15, 0.2) is 6.20 Å². The van der Waals surface area contributed by atoms with Crippen LogP contribution in [-0.2, 0) is 16.1 Å². The van der Waals surface area contributed by atoms with E-state index in [2.05, 4.69) is 5.10 Å². The maximum absolute atomic E-state index is 11.9. The number of carbonyl (C=O) groups is 2. The summed E-state index contributed by atoms with van der Waals surface area (Å²) in [5.74, 6) is -0.249. The van der Waals surface area contributed by atoms with E-state index < -0.39 is 4.92 Å². The third-order valence-corrected chi connectivity index (χ3v) is 3.06. The lowest BCUT2D eigenvalue weighted by molar-refractivity contribution is -0.390. The number of piperidine rings is 1. The molecule has 0 saturated carbocycles. The number of aromatic nitrogens is 2. The van der Waals surface area contributed by atoms with Crippen LogP contribution >= 0.6 is 0 Å². The Hall–Kier alpha value is -2.25. The van der Waals surface area contributed by atoms with Crippen molar-refractivity contribution in [3.8, 4) is 0 Å². The van der Waals surface area contributed by atoms with Crippen molar-refractivity contribution in [2.45, 2.75) is 26.3 Å². The molecule has 0 aromatic carbocycles. The summed E-state index contributed by atoms with van der Waals surface area (Å²) in [4.78, 5) is 34.7. The van der Waals surface area contributed by atoms with Crippen LogP contribution in [0.3, 0.4) is 0 Å². The molecule has 2 rings (SSSR count). The van der Waals surface area contributed by atoms with Crippen molar-refractivity contribution in [3.63, 3.8) is 0 Å². The number of rotatable bonds is 3. The van der Waals surface area contributed by atoms with E-state index in [-0.39, 0.29) is 24.1 Å². The normalized spacial score (nSPS) is 15.6. The molecule has 1 fully saturated rings. The Kier molecular flexibility index (Phi) is 3.59. The van der Waals surface area contributed by atoms with Crippen molar-refractivity contribution in [3.05, 3.63) is 21.9 Å². The van der Waals surface area contributed by atoms with Crippen molar-refractivity contribution >= 4 is 17.5 Å². The number of Topliss-reactive ketones (excluding diaryl/α,β-unsaturated/α-hetero) is 1. The second-order valence-corrected chi connectivity index (χ2v) is 4.51. The summed E-state index contributed by atoms with van der Waals surface area (Å²) in [6.45, 7) is 2.37. The molecule has 2 heterocycles. The Morgan fingerprint density at radius 1 is 1.47 bits per heavy atom. The minimum Gasteiger partial charge on any atom is -0.358 e. The summed E-state index contributed by atoms with van der Waals surface area (Å²) in [5, 5.41) is 14.4. The number of hydrogen-bond acceptors (Lipinski definition) is 5. The average Bonchev–Trinajstić information content (AvgIpc) is 2.71. The first kappa shape index (κ1) is 13.2. The highest BCUT2D eigenvalue weighted by atomic mass is 16.6. The first-order valence-electron chi connectivity index (χ1n) is 5.95. The third-order valence-electron chi connectivity index (χ3n) is 3.06. The molecule has 0 bridgehead atoms. The van der Waals surface area contributed by atoms with Gasteiger partial charge in [0.05, 0.1) is 16.9 Å². The molecule has 0 atom stereocenters. The van der Waals surface area contributed by atoms with Gasteiger partial charge in [-0.3, -0.25) is 9.59 Å². The van der Waals surface area contributed by atoms with Crippen molar-refractivity contribution < 1.29 is 14.5 Å². The first-order valence-corrected chi connectivity index (χ1v) is 5.95. The van der Waals surface area contributed by atoms with Crippen molar-refractivity contribution in [2.75, 3.05) is 13.1 Å². The van der Waals surface area contributed by atoms with Crippen molar-refractivity contribution in [1.82, 2.24) is 14.7 Å². The molecule has 0 aliphatic carbocycles. The summed E-state index contributed by atoms with van der Waals surface area (Å²) >= 11 is 0. The van der Waals surface area contributed by atoms with Gasteiger partial charge in [-0.1, -0.05) is 0 Å². The molecule has 1 aromatic rings. The highest BCUT2D eigenvalue weighted by molar-refractivity contribution is 5.83. The molecule has 1 aliphatic rings. The fourth-order valence-electron chi connectivity index (χ4n) is 2.02. The highest BCUT2D eigenvalue weighted by Crippen LogP contribution is 2.14. The number of amides is 1.